The zero-order chi connectivity index (χ0) is 9.26. The topological polar surface area (TPSA) is 50.1 Å². The molecule has 0 spiro atoms. The standard InChI is InChI=1S/C7H14N6/c1-11-3-5-13(6-4-11)7-8-9-10-12(7)2/h3-6H2,1-2H3. The molecule has 1 aliphatic rings. The predicted octanol–water partition coefficient (Wildman–Crippen LogP) is -1.04. The second kappa shape index (κ2) is 3.29. The quantitative estimate of drug-likeness (QED) is 0.555. The highest BCUT2D eigenvalue weighted by Gasteiger charge is 2.17. The van der Waals surface area contributed by atoms with E-state index in [1.165, 1.54) is 0 Å². The molecule has 1 aromatic rings. The lowest BCUT2D eigenvalue weighted by Crippen LogP contribution is -2.45. The molecule has 0 aliphatic carbocycles. The fourth-order valence-corrected chi connectivity index (χ4v) is 1.50. The Hall–Kier alpha value is -1.17. The summed E-state index contributed by atoms with van der Waals surface area (Å²) < 4.78 is 1.71. The summed E-state index contributed by atoms with van der Waals surface area (Å²) in [5.74, 6) is 0.869. The zero-order valence-corrected chi connectivity index (χ0v) is 8.01. The molecule has 0 saturated carbocycles. The van der Waals surface area contributed by atoms with Crippen molar-refractivity contribution in [3.63, 3.8) is 0 Å². The van der Waals surface area contributed by atoms with Gasteiger partial charge in [-0.15, -0.1) is 0 Å². The average molecular weight is 182 g/mol. The first kappa shape index (κ1) is 8.43. The maximum absolute atomic E-state index is 3.97. The molecule has 0 unspecified atom stereocenters. The Morgan fingerprint density at radius 2 is 1.77 bits per heavy atom. The molecule has 6 heteroatoms. The molecule has 2 heterocycles. The number of hydrogen-bond donors (Lipinski definition) is 0. The molecular weight excluding hydrogens is 168 g/mol. The Morgan fingerprint density at radius 3 is 2.31 bits per heavy atom. The van der Waals surface area contributed by atoms with Crippen molar-refractivity contribution in [2.75, 3.05) is 38.1 Å². The van der Waals surface area contributed by atoms with Crippen molar-refractivity contribution >= 4 is 5.95 Å². The van der Waals surface area contributed by atoms with Gasteiger partial charge in [0.1, 0.15) is 0 Å². The van der Waals surface area contributed by atoms with Crippen LogP contribution >= 0.6 is 0 Å². The van der Waals surface area contributed by atoms with Crippen LogP contribution in [0, 0.1) is 0 Å². The summed E-state index contributed by atoms with van der Waals surface area (Å²) in [7, 11) is 4.00. The molecule has 1 saturated heterocycles. The van der Waals surface area contributed by atoms with Crippen LogP contribution in [0.5, 0.6) is 0 Å². The highest BCUT2D eigenvalue weighted by Crippen LogP contribution is 2.09. The van der Waals surface area contributed by atoms with Crippen molar-refractivity contribution in [1.82, 2.24) is 25.1 Å². The van der Waals surface area contributed by atoms with Crippen LogP contribution in [0.3, 0.4) is 0 Å². The van der Waals surface area contributed by atoms with Gasteiger partial charge in [-0.05, 0) is 17.5 Å². The molecule has 72 valence electrons. The van der Waals surface area contributed by atoms with Gasteiger partial charge in [0.05, 0.1) is 0 Å². The van der Waals surface area contributed by atoms with Gasteiger partial charge >= 0.3 is 0 Å². The van der Waals surface area contributed by atoms with Gasteiger partial charge in [-0.2, -0.15) is 0 Å². The third-order valence-electron chi connectivity index (χ3n) is 2.38. The molecule has 13 heavy (non-hydrogen) atoms. The minimum absolute atomic E-state index is 0.869. The van der Waals surface area contributed by atoms with Crippen LogP contribution in [0.4, 0.5) is 5.95 Å². The van der Waals surface area contributed by atoms with E-state index in [4.69, 9.17) is 0 Å². The summed E-state index contributed by atoms with van der Waals surface area (Å²) in [6.07, 6.45) is 0. The zero-order valence-electron chi connectivity index (χ0n) is 8.01. The highest BCUT2D eigenvalue weighted by atomic mass is 15.6. The maximum atomic E-state index is 3.97. The first-order chi connectivity index (χ1) is 6.27. The van der Waals surface area contributed by atoms with E-state index >= 15 is 0 Å². The molecule has 1 aromatic heterocycles. The molecule has 0 bridgehead atoms. The number of nitrogens with zero attached hydrogens (tertiary/aromatic N) is 6. The Kier molecular flexibility index (Phi) is 2.13. The lowest BCUT2D eigenvalue weighted by molar-refractivity contribution is 0.310. The Bertz CT molecular complexity index is 274. The largest absolute Gasteiger partial charge is 0.337 e. The van der Waals surface area contributed by atoms with Gasteiger partial charge in [-0.25, -0.2) is 4.68 Å². The monoisotopic (exact) mass is 182 g/mol. The van der Waals surface area contributed by atoms with Gasteiger partial charge in [0.2, 0.25) is 5.95 Å². The number of aryl methyl sites for hydroxylation is 1. The Labute approximate surface area is 77.1 Å². The van der Waals surface area contributed by atoms with E-state index in [2.05, 4.69) is 32.4 Å². The molecule has 0 aromatic carbocycles. The van der Waals surface area contributed by atoms with E-state index in [9.17, 15) is 0 Å². The van der Waals surface area contributed by atoms with Crippen molar-refractivity contribution in [1.29, 1.82) is 0 Å². The SMILES string of the molecule is CN1CCN(c2nnnn2C)CC1. The molecule has 1 fully saturated rings. The lowest BCUT2D eigenvalue weighted by atomic mass is 10.3. The van der Waals surface area contributed by atoms with E-state index in [0.29, 0.717) is 0 Å². The van der Waals surface area contributed by atoms with Gasteiger partial charge < -0.3 is 9.80 Å². The molecular formula is C7H14N6. The summed E-state index contributed by atoms with van der Waals surface area (Å²) in [5, 5.41) is 11.4. The second-order valence-electron chi connectivity index (χ2n) is 3.39. The number of likely N-dealkylation sites (N-methyl/N-ethyl adjacent to an activating group) is 1. The Balaban J connectivity index is 2.06. The van der Waals surface area contributed by atoms with Crippen molar-refractivity contribution in [3.8, 4) is 0 Å². The third kappa shape index (κ3) is 1.62. The van der Waals surface area contributed by atoms with Gasteiger partial charge in [-0.3, -0.25) is 0 Å². The summed E-state index contributed by atoms with van der Waals surface area (Å²) >= 11 is 0. The van der Waals surface area contributed by atoms with E-state index in [-0.39, 0.29) is 0 Å². The molecule has 0 N–H and O–H groups in total. The number of piperazine rings is 1. The third-order valence-corrected chi connectivity index (χ3v) is 2.38. The van der Waals surface area contributed by atoms with Crippen LogP contribution in [0.2, 0.25) is 0 Å². The number of hydrogen-bond acceptors (Lipinski definition) is 5. The molecule has 6 nitrogen and oxygen atoms in total. The van der Waals surface area contributed by atoms with Gasteiger partial charge in [0.15, 0.2) is 0 Å². The summed E-state index contributed by atoms with van der Waals surface area (Å²) in [6, 6.07) is 0. The normalized spacial score (nSPS) is 19.4. The average Bonchev–Trinajstić information content (AvgIpc) is 2.53. The number of rotatable bonds is 1. The summed E-state index contributed by atoms with van der Waals surface area (Å²) in [5.41, 5.74) is 0. The van der Waals surface area contributed by atoms with Gasteiger partial charge in [0.25, 0.3) is 0 Å². The van der Waals surface area contributed by atoms with E-state index in [1.807, 2.05) is 7.05 Å². The number of anilines is 1. The maximum Gasteiger partial charge on any atom is 0.245 e. The Morgan fingerprint density at radius 1 is 1.08 bits per heavy atom. The van der Waals surface area contributed by atoms with Crippen LogP contribution in [-0.4, -0.2) is 58.3 Å². The van der Waals surface area contributed by atoms with Crippen LogP contribution in [0.25, 0.3) is 0 Å². The van der Waals surface area contributed by atoms with Crippen molar-refractivity contribution in [2.45, 2.75) is 0 Å². The van der Waals surface area contributed by atoms with Crippen LogP contribution in [0.15, 0.2) is 0 Å². The highest BCUT2D eigenvalue weighted by molar-refractivity contribution is 5.28. The van der Waals surface area contributed by atoms with Crippen molar-refractivity contribution < 1.29 is 0 Å². The van der Waals surface area contributed by atoms with Crippen LogP contribution in [-0.2, 0) is 7.05 Å². The molecule has 0 amide bonds. The minimum Gasteiger partial charge on any atom is -0.337 e. The minimum atomic E-state index is 0.869. The first-order valence-electron chi connectivity index (χ1n) is 4.43. The predicted molar refractivity (Wildman–Crippen MR) is 48.5 cm³/mol. The number of aromatic nitrogens is 4. The van der Waals surface area contributed by atoms with Crippen LogP contribution < -0.4 is 4.90 Å². The van der Waals surface area contributed by atoms with Crippen LogP contribution in [0.1, 0.15) is 0 Å². The fourth-order valence-electron chi connectivity index (χ4n) is 1.50. The summed E-state index contributed by atoms with van der Waals surface area (Å²) in [4.78, 5) is 4.51. The molecule has 2 rings (SSSR count). The van der Waals surface area contributed by atoms with Crippen molar-refractivity contribution in [2.24, 2.45) is 7.05 Å². The lowest BCUT2D eigenvalue weighted by Gasteiger charge is -2.32. The van der Waals surface area contributed by atoms with E-state index < -0.39 is 0 Å². The summed E-state index contributed by atoms with van der Waals surface area (Å²) in [6.45, 7) is 4.16. The molecule has 0 radical (unpaired) electrons. The fraction of sp³-hybridized carbons (Fsp3) is 0.857. The first-order valence-corrected chi connectivity index (χ1v) is 4.43. The molecule has 1 aliphatic heterocycles. The molecule has 0 atom stereocenters. The smallest absolute Gasteiger partial charge is 0.245 e. The van der Waals surface area contributed by atoms with Gasteiger partial charge in [-0.1, -0.05) is 5.10 Å². The van der Waals surface area contributed by atoms with Gasteiger partial charge in [0, 0.05) is 33.2 Å². The van der Waals surface area contributed by atoms with E-state index in [0.717, 1.165) is 32.1 Å². The van der Waals surface area contributed by atoms with Crippen molar-refractivity contribution in [3.05, 3.63) is 0 Å². The van der Waals surface area contributed by atoms with E-state index in [1.54, 1.807) is 4.68 Å². The number of tetrazole rings is 1. The second-order valence-corrected chi connectivity index (χ2v) is 3.39.